The lowest BCUT2D eigenvalue weighted by atomic mass is 9.66. The second kappa shape index (κ2) is 11.3. The number of hydrogen-bond donors (Lipinski definition) is 1. The zero-order valence-electron chi connectivity index (χ0n) is 24.7. The monoisotopic (exact) mass is 534 g/mol. The molecule has 1 spiro atoms. The van der Waals surface area contributed by atoms with Crippen molar-refractivity contribution in [1.29, 1.82) is 0 Å². The van der Waals surface area contributed by atoms with E-state index in [0.717, 1.165) is 19.3 Å². The van der Waals surface area contributed by atoms with Crippen molar-refractivity contribution in [2.75, 3.05) is 26.3 Å². The zero-order valence-corrected chi connectivity index (χ0v) is 24.7. The molecule has 38 heavy (non-hydrogen) atoms. The largest absolute Gasteiger partial charge is 0.466 e. The second-order valence-corrected chi connectivity index (χ2v) is 13.4. The van der Waals surface area contributed by atoms with Gasteiger partial charge in [0.05, 0.1) is 18.1 Å². The van der Waals surface area contributed by atoms with Crippen LogP contribution in [0.2, 0.25) is 0 Å². The van der Waals surface area contributed by atoms with Crippen LogP contribution in [0.15, 0.2) is 12.7 Å². The summed E-state index contributed by atoms with van der Waals surface area (Å²) in [5.41, 5.74) is -2.40. The number of amides is 2. The molecule has 8 heteroatoms. The number of aliphatic hydroxyl groups excluding tert-OH is 1. The Morgan fingerprint density at radius 1 is 1.18 bits per heavy atom. The van der Waals surface area contributed by atoms with E-state index in [4.69, 9.17) is 14.6 Å². The maximum Gasteiger partial charge on any atom is 0.312 e. The van der Waals surface area contributed by atoms with Crippen LogP contribution in [0, 0.1) is 17.3 Å². The summed E-state index contributed by atoms with van der Waals surface area (Å²) in [6.07, 6.45) is 6.78. The molecule has 1 N–H and O–H groups in total. The number of hydrogen-bond acceptors (Lipinski definition) is 6. The minimum absolute atomic E-state index is 0.0211. The van der Waals surface area contributed by atoms with Crippen LogP contribution in [0.3, 0.4) is 0 Å². The molecule has 3 aliphatic heterocycles. The Hall–Kier alpha value is -1.93. The third-order valence-electron chi connectivity index (χ3n) is 8.63. The number of nitrogens with zero attached hydrogens (tertiary/aromatic N) is 2. The first-order valence-corrected chi connectivity index (χ1v) is 14.4. The fourth-order valence-electron chi connectivity index (χ4n) is 7.59. The number of aliphatic hydroxyl groups is 1. The van der Waals surface area contributed by atoms with Gasteiger partial charge < -0.3 is 24.4 Å². The molecule has 3 heterocycles. The molecular formula is C30H50N2O6. The van der Waals surface area contributed by atoms with Gasteiger partial charge in [0.15, 0.2) is 0 Å². The first-order valence-electron chi connectivity index (χ1n) is 14.4. The highest BCUT2D eigenvalue weighted by Crippen LogP contribution is 2.63. The lowest BCUT2D eigenvalue weighted by molar-refractivity contribution is -0.161. The lowest BCUT2D eigenvalue weighted by Gasteiger charge is -2.45. The summed E-state index contributed by atoms with van der Waals surface area (Å²) in [5.74, 6) is -2.20. The van der Waals surface area contributed by atoms with Crippen LogP contribution in [0.4, 0.5) is 0 Å². The molecule has 0 radical (unpaired) electrons. The number of unbranched alkanes of at least 4 members (excludes halogenated alkanes) is 3. The van der Waals surface area contributed by atoms with Crippen LogP contribution in [0.25, 0.3) is 0 Å². The van der Waals surface area contributed by atoms with E-state index in [2.05, 4.69) is 41.2 Å². The molecule has 2 amide bonds. The van der Waals surface area contributed by atoms with Gasteiger partial charge in [-0.15, -0.1) is 6.58 Å². The summed E-state index contributed by atoms with van der Waals surface area (Å²) in [4.78, 5) is 45.5. The number of carbonyl (C=O) groups excluding carboxylic acids is 3. The van der Waals surface area contributed by atoms with Gasteiger partial charge in [0.2, 0.25) is 11.8 Å². The molecule has 0 aromatic carbocycles. The summed E-state index contributed by atoms with van der Waals surface area (Å²) < 4.78 is 12.1. The van der Waals surface area contributed by atoms with Crippen molar-refractivity contribution in [2.24, 2.45) is 17.3 Å². The fraction of sp³-hybridized carbons (Fsp3) is 0.833. The Balaban J connectivity index is 2.04. The summed E-state index contributed by atoms with van der Waals surface area (Å²) in [6, 6.07) is -0.807. The minimum Gasteiger partial charge on any atom is -0.466 e. The quantitative estimate of drug-likeness (QED) is 0.217. The lowest BCUT2D eigenvalue weighted by Crippen LogP contribution is -2.61. The average molecular weight is 535 g/mol. The Bertz CT molecular complexity index is 911. The molecule has 0 aromatic heterocycles. The third kappa shape index (κ3) is 5.53. The number of likely N-dealkylation sites (tertiary alicyclic amines) is 1. The molecular weight excluding hydrogens is 484 g/mol. The Labute approximate surface area is 229 Å². The number of esters is 1. The molecule has 3 fully saturated rings. The molecule has 3 rings (SSSR count). The molecule has 2 bridgehead atoms. The number of rotatable bonds is 13. The topological polar surface area (TPSA) is 96.4 Å². The van der Waals surface area contributed by atoms with Crippen molar-refractivity contribution >= 4 is 17.8 Å². The van der Waals surface area contributed by atoms with Crippen LogP contribution in [0.5, 0.6) is 0 Å². The van der Waals surface area contributed by atoms with E-state index < -0.39 is 40.6 Å². The first-order chi connectivity index (χ1) is 17.7. The Kier molecular flexibility index (Phi) is 9.09. The van der Waals surface area contributed by atoms with E-state index >= 15 is 0 Å². The number of carbonyl (C=O) groups is 3. The van der Waals surface area contributed by atoms with Crippen LogP contribution in [0.1, 0.15) is 93.4 Å². The van der Waals surface area contributed by atoms with Gasteiger partial charge in [-0.3, -0.25) is 14.4 Å². The van der Waals surface area contributed by atoms with E-state index in [1.807, 2.05) is 11.8 Å². The Morgan fingerprint density at radius 2 is 1.84 bits per heavy atom. The van der Waals surface area contributed by atoms with Crippen LogP contribution < -0.4 is 0 Å². The van der Waals surface area contributed by atoms with Gasteiger partial charge in [0.25, 0.3) is 0 Å². The maximum atomic E-state index is 14.6. The number of fused-ring (bicyclic) bond motifs is 1. The van der Waals surface area contributed by atoms with Gasteiger partial charge in [-0.1, -0.05) is 39.7 Å². The SMILES string of the molecule is C=CCN(C(=O)C1N(CCCCCCO)C(=O)[C@@H]2[C@H](C(=O)OCC)[C@]3(C)CCC12O3)C(C)(C)CC(C)(C)C. The predicted octanol–water partition coefficient (Wildman–Crippen LogP) is 4.10. The van der Waals surface area contributed by atoms with Crippen molar-refractivity contribution in [2.45, 2.75) is 116 Å². The van der Waals surface area contributed by atoms with Crippen molar-refractivity contribution < 1.29 is 29.0 Å². The molecule has 216 valence electrons. The molecule has 0 aliphatic carbocycles. The summed E-state index contributed by atoms with van der Waals surface area (Å²) >= 11 is 0. The van der Waals surface area contributed by atoms with E-state index in [9.17, 15) is 14.4 Å². The molecule has 3 aliphatic rings. The molecule has 3 saturated heterocycles. The van der Waals surface area contributed by atoms with Crippen molar-refractivity contribution in [3.8, 4) is 0 Å². The molecule has 5 atom stereocenters. The van der Waals surface area contributed by atoms with Crippen molar-refractivity contribution in [3.05, 3.63) is 12.7 Å². The van der Waals surface area contributed by atoms with Gasteiger partial charge >= 0.3 is 5.97 Å². The van der Waals surface area contributed by atoms with Crippen LogP contribution in [-0.4, -0.2) is 81.8 Å². The molecule has 0 saturated carbocycles. The number of ether oxygens (including phenoxy) is 2. The average Bonchev–Trinajstić information content (AvgIpc) is 3.36. The van der Waals surface area contributed by atoms with Gasteiger partial charge in [-0.25, -0.2) is 0 Å². The molecule has 8 nitrogen and oxygen atoms in total. The normalized spacial score (nSPS) is 30.5. The first kappa shape index (κ1) is 30.6. The van der Waals surface area contributed by atoms with Crippen molar-refractivity contribution in [1.82, 2.24) is 9.80 Å². The van der Waals surface area contributed by atoms with Gasteiger partial charge in [-0.2, -0.15) is 0 Å². The van der Waals surface area contributed by atoms with E-state index in [1.54, 1.807) is 17.9 Å². The summed E-state index contributed by atoms with van der Waals surface area (Å²) in [5, 5.41) is 9.15. The van der Waals surface area contributed by atoms with Crippen LogP contribution in [-0.2, 0) is 23.9 Å². The highest BCUT2D eigenvalue weighted by Gasteiger charge is 2.78. The van der Waals surface area contributed by atoms with Crippen molar-refractivity contribution in [3.63, 3.8) is 0 Å². The summed E-state index contributed by atoms with van der Waals surface area (Å²) in [7, 11) is 0. The van der Waals surface area contributed by atoms with E-state index in [0.29, 0.717) is 38.8 Å². The van der Waals surface area contributed by atoms with Gasteiger partial charge in [-0.05, 0) is 65.2 Å². The standard InChI is InChI=1S/C30H50N2O6/c1-9-17-32(28(6,7)20-27(3,4)5)25(35)23-30-16-15-29(8,38-30)22(26(36)37-10-2)21(30)24(34)31(23)18-13-11-12-14-19-33/h9,21-23,33H,1,10-20H2,2-8H3/t21-,22+,23?,29-,30?/m0/s1. The fourth-order valence-corrected chi connectivity index (χ4v) is 7.59. The van der Waals surface area contributed by atoms with Crippen LogP contribution >= 0.6 is 0 Å². The van der Waals surface area contributed by atoms with Gasteiger partial charge in [0, 0.05) is 25.2 Å². The van der Waals surface area contributed by atoms with E-state index in [-0.39, 0.29) is 30.4 Å². The highest BCUT2D eigenvalue weighted by atomic mass is 16.6. The third-order valence-corrected chi connectivity index (χ3v) is 8.63. The summed E-state index contributed by atoms with van der Waals surface area (Å²) in [6.45, 7) is 19.3. The predicted molar refractivity (Wildman–Crippen MR) is 146 cm³/mol. The smallest absolute Gasteiger partial charge is 0.312 e. The van der Waals surface area contributed by atoms with Gasteiger partial charge in [0.1, 0.15) is 17.6 Å². The zero-order chi connectivity index (χ0) is 28.5. The maximum absolute atomic E-state index is 14.6. The minimum atomic E-state index is -1.05. The molecule has 0 aromatic rings. The second-order valence-electron chi connectivity index (χ2n) is 13.4. The Morgan fingerprint density at radius 3 is 2.42 bits per heavy atom. The highest BCUT2D eigenvalue weighted by molar-refractivity contribution is 5.98. The van der Waals surface area contributed by atoms with E-state index in [1.165, 1.54) is 0 Å². The molecule has 2 unspecified atom stereocenters.